The molecule has 0 aliphatic rings. The summed E-state index contributed by atoms with van der Waals surface area (Å²) in [5, 5.41) is 2.93. The third-order valence-corrected chi connectivity index (χ3v) is 5.66. The van der Waals surface area contributed by atoms with Gasteiger partial charge in [-0.15, -0.1) is 0 Å². The highest BCUT2D eigenvalue weighted by atomic mass is 79.9. The Kier molecular flexibility index (Phi) is 5.82. The van der Waals surface area contributed by atoms with Crippen molar-refractivity contribution in [3.05, 3.63) is 34.3 Å². The Balaban J connectivity index is 2.47. The maximum atomic E-state index is 11.6. The van der Waals surface area contributed by atoms with Crippen LogP contribution in [0.1, 0.15) is 32.4 Å². The summed E-state index contributed by atoms with van der Waals surface area (Å²) in [6.45, 7) is 5.95. The molecule has 0 aliphatic heterocycles. The highest BCUT2D eigenvalue weighted by Crippen LogP contribution is 2.16. The van der Waals surface area contributed by atoms with Crippen LogP contribution in [0.4, 0.5) is 0 Å². The quantitative estimate of drug-likeness (QED) is 0.870. The van der Waals surface area contributed by atoms with Crippen molar-refractivity contribution in [3.8, 4) is 0 Å². The molecule has 5 heteroatoms. The largest absolute Gasteiger partial charge is 0.309 e. The Bertz CT molecular complexity index is 468. The van der Waals surface area contributed by atoms with Gasteiger partial charge < -0.3 is 5.32 Å². The Morgan fingerprint density at radius 3 is 2.22 bits per heavy atom. The standard InChI is InChI=1S/C13H20BrNO2S/c1-10(2)18(16,17)9-8-15-11(3)12-4-6-13(14)7-5-12/h4-7,10-11,15H,8-9H2,1-3H3/t11-/m1/s1. The molecular formula is C13H20BrNO2S. The van der Waals surface area contributed by atoms with Gasteiger partial charge in [-0.2, -0.15) is 0 Å². The van der Waals surface area contributed by atoms with Crippen LogP contribution >= 0.6 is 15.9 Å². The van der Waals surface area contributed by atoms with Gasteiger partial charge >= 0.3 is 0 Å². The second-order valence-corrected chi connectivity index (χ2v) is 8.24. The van der Waals surface area contributed by atoms with Gasteiger partial charge in [-0.05, 0) is 38.5 Å². The first-order valence-corrected chi connectivity index (χ1v) is 8.54. The van der Waals surface area contributed by atoms with Gasteiger partial charge in [-0.1, -0.05) is 28.1 Å². The summed E-state index contributed by atoms with van der Waals surface area (Å²) < 4.78 is 24.3. The van der Waals surface area contributed by atoms with Crippen molar-refractivity contribution >= 4 is 25.8 Å². The van der Waals surface area contributed by atoms with E-state index >= 15 is 0 Å². The zero-order valence-electron chi connectivity index (χ0n) is 11.0. The predicted octanol–water partition coefficient (Wildman–Crippen LogP) is 2.92. The molecule has 1 N–H and O–H groups in total. The van der Waals surface area contributed by atoms with Gasteiger partial charge in [0.05, 0.1) is 11.0 Å². The molecule has 0 heterocycles. The summed E-state index contributed by atoms with van der Waals surface area (Å²) >= 11 is 3.39. The topological polar surface area (TPSA) is 46.2 Å². The first-order chi connectivity index (χ1) is 8.33. The third-order valence-electron chi connectivity index (χ3n) is 2.93. The molecule has 0 spiro atoms. The summed E-state index contributed by atoms with van der Waals surface area (Å²) in [5.74, 6) is 0.186. The normalized spacial score (nSPS) is 13.8. The van der Waals surface area contributed by atoms with Crippen LogP contribution in [0.2, 0.25) is 0 Å². The van der Waals surface area contributed by atoms with E-state index in [0.717, 1.165) is 10.0 Å². The summed E-state index contributed by atoms with van der Waals surface area (Å²) in [5.41, 5.74) is 1.15. The number of rotatable bonds is 6. The molecule has 1 aromatic carbocycles. The van der Waals surface area contributed by atoms with Gasteiger partial charge in [0.2, 0.25) is 0 Å². The molecule has 3 nitrogen and oxygen atoms in total. The predicted molar refractivity (Wildman–Crippen MR) is 79.5 cm³/mol. The molecule has 0 saturated carbocycles. The Labute approximate surface area is 118 Å². The lowest BCUT2D eigenvalue weighted by Gasteiger charge is -2.15. The van der Waals surface area contributed by atoms with E-state index in [9.17, 15) is 8.42 Å². The lowest BCUT2D eigenvalue weighted by Crippen LogP contribution is -2.28. The van der Waals surface area contributed by atoms with E-state index in [4.69, 9.17) is 0 Å². The zero-order chi connectivity index (χ0) is 13.8. The minimum atomic E-state index is -2.95. The van der Waals surface area contributed by atoms with E-state index in [1.807, 2.05) is 31.2 Å². The fourth-order valence-electron chi connectivity index (χ4n) is 1.52. The molecule has 0 fully saturated rings. The number of nitrogens with one attached hydrogen (secondary N) is 1. The Morgan fingerprint density at radius 1 is 1.17 bits per heavy atom. The van der Waals surface area contributed by atoms with Gasteiger partial charge in [0.25, 0.3) is 0 Å². The number of benzene rings is 1. The van der Waals surface area contributed by atoms with Crippen molar-refractivity contribution in [2.45, 2.75) is 32.1 Å². The lowest BCUT2D eigenvalue weighted by molar-refractivity contribution is 0.566. The van der Waals surface area contributed by atoms with Gasteiger partial charge in [0, 0.05) is 17.1 Å². The molecule has 18 heavy (non-hydrogen) atoms. The van der Waals surface area contributed by atoms with Crippen molar-refractivity contribution < 1.29 is 8.42 Å². The molecular weight excluding hydrogens is 314 g/mol. The molecule has 0 bridgehead atoms. The SMILES string of the molecule is CC(C)S(=O)(=O)CCN[C@H](C)c1ccc(Br)cc1. The first-order valence-electron chi connectivity index (χ1n) is 6.03. The van der Waals surface area contributed by atoms with Crippen molar-refractivity contribution in [2.24, 2.45) is 0 Å². The minimum absolute atomic E-state index is 0.153. The lowest BCUT2D eigenvalue weighted by atomic mass is 10.1. The van der Waals surface area contributed by atoms with Gasteiger partial charge in [0.1, 0.15) is 0 Å². The average Bonchev–Trinajstić information content (AvgIpc) is 2.29. The molecule has 1 atom stereocenters. The fourth-order valence-corrected chi connectivity index (χ4v) is 2.66. The molecule has 0 amide bonds. The van der Waals surface area contributed by atoms with Gasteiger partial charge in [0.15, 0.2) is 9.84 Å². The molecule has 0 aliphatic carbocycles. The monoisotopic (exact) mass is 333 g/mol. The molecule has 1 aromatic rings. The van der Waals surface area contributed by atoms with E-state index in [1.54, 1.807) is 13.8 Å². The fraction of sp³-hybridized carbons (Fsp3) is 0.538. The zero-order valence-corrected chi connectivity index (χ0v) is 13.4. The second-order valence-electron chi connectivity index (χ2n) is 4.64. The van der Waals surface area contributed by atoms with Gasteiger partial charge in [-0.3, -0.25) is 0 Å². The number of halogens is 1. The molecule has 0 saturated heterocycles. The molecule has 0 unspecified atom stereocenters. The number of hydrogen-bond donors (Lipinski definition) is 1. The molecule has 1 rings (SSSR count). The minimum Gasteiger partial charge on any atom is -0.309 e. The van der Waals surface area contributed by atoms with Crippen molar-refractivity contribution in [1.29, 1.82) is 0 Å². The highest BCUT2D eigenvalue weighted by molar-refractivity contribution is 9.10. The van der Waals surface area contributed by atoms with Crippen LogP contribution < -0.4 is 5.32 Å². The molecule has 102 valence electrons. The van der Waals surface area contributed by atoms with E-state index in [1.165, 1.54) is 0 Å². The second kappa shape index (κ2) is 6.68. The van der Waals surface area contributed by atoms with Crippen LogP contribution in [0.5, 0.6) is 0 Å². The van der Waals surface area contributed by atoms with Crippen molar-refractivity contribution in [1.82, 2.24) is 5.32 Å². The maximum Gasteiger partial charge on any atom is 0.153 e. The van der Waals surface area contributed by atoms with Crippen LogP contribution in [0.3, 0.4) is 0 Å². The van der Waals surface area contributed by atoms with Crippen LogP contribution in [0.25, 0.3) is 0 Å². The summed E-state index contributed by atoms with van der Waals surface area (Å²) in [6, 6.07) is 8.18. The third kappa shape index (κ3) is 4.71. The van der Waals surface area contributed by atoms with Crippen LogP contribution in [0, 0.1) is 0 Å². The van der Waals surface area contributed by atoms with E-state index in [0.29, 0.717) is 6.54 Å². The van der Waals surface area contributed by atoms with E-state index in [2.05, 4.69) is 21.2 Å². The van der Waals surface area contributed by atoms with Crippen molar-refractivity contribution in [2.75, 3.05) is 12.3 Å². The van der Waals surface area contributed by atoms with Crippen LogP contribution in [-0.4, -0.2) is 26.0 Å². The van der Waals surface area contributed by atoms with E-state index < -0.39 is 9.84 Å². The summed E-state index contributed by atoms with van der Waals surface area (Å²) in [6.07, 6.45) is 0. The highest BCUT2D eigenvalue weighted by Gasteiger charge is 2.15. The Hall–Kier alpha value is -0.390. The number of sulfone groups is 1. The Morgan fingerprint density at radius 2 is 1.72 bits per heavy atom. The summed E-state index contributed by atoms with van der Waals surface area (Å²) in [7, 11) is -2.95. The van der Waals surface area contributed by atoms with E-state index in [-0.39, 0.29) is 17.0 Å². The van der Waals surface area contributed by atoms with Crippen LogP contribution in [0.15, 0.2) is 28.7 Å². The average molecular weight is 334 g/mol. The smallest absolute Gasteiger partial charge is 0.153 e. The van der Waals surface area contributed by atoms with Gasteiger partial charge in [-0.25, -0.2) is 8.42 Å². The number of hydrogen-bond acceptors (Lipinski definition) is 3. The first kappa shape index (κ1) is 15.7. The van der Waals surface area contributed by atoms with Crippen molar-refractivity contribution in [3.63, 3.8) is 0 Å². The van der Waals surface area contributed by atoms with Crippen LogP contribution in [-0.2, 0) is 9.84 Å². The maximum absolute atomic E-state index is 11.6. The summed E-state index contributed by atoms with van der Waals surface area (Å²) in [4.78, 5) is 0. The molecule has 0 radical (unpaired) electrons. The molecule has 0 aromatic heterocycles.